The van der Waals surface area contributed by atoms with Gasteiger partial charge >= 0.3 is 6.03 Å². The molecule has 0 unspecified atom stereocenters. The number of amides is 4. The summed E-state index contributed by atoms with van der Waals surface area (Å²) in [5, 5.41) is 6.27. The Labute approximate surface area is 186 Å². The molecular formula is C20H27N5O6S. The highest BCUT2D eigenvalue weighted by Crippen LogP contribution is 2.33. The lowest BCUT2D eigenvalue weighted by Crippen LogP contribution is -2.51. The fourth-order valence-corrected chi connectivity index (χ4v) is 5.37. The molecule has 0 bridgehead atoms. The lowest BCUT2D eigenvalue weighted by molar-refractivity contribution is -0.139. The summed E-state index contributed by atoms with van der Waals surface area (Å²) in [6.07, 6.45) is 5.41. The second-order valence-electron chi connectivity index (χ2n) is 8.36. The van der Waals surface area contributed by atoms with Crippen LogP contribution in [0.1, 0.15) is 44.9 Å². The largest absolute Gasteiger partial charge is 0.495 e. The zero-order valence-electron chi connectivity index (χ0n) is 17.8. The van der Waals surface area contributed by atoms with Crippen LogP contribution in [0.25, 0.3) is 0 Å². The SMILES string of the molecule is COc1ccc(S(=O)(=O)NC2CC2)cc1NCC(=O)NN1C(=O)NC2(CCCCC2)C1=O. The number of hydrogen-bond acceptors (Lipinski definition) is 7. The summed E-state index contributed by atoms with van der Waals surface area (Å²) in [5.74, 6) is -0.737. The molecule has 1 aliphatic heterocycles. The van der Waals surface area contributed by atoms with Crippen LogP contribution in [-0.2, 0) is 19.6 Å². The molecule has 2 aliphatic carbocycles. The highest BCUT2D eigenvalue weighted by Gasteiger charge is 2.52. The van der Waals surface area contributed by atoms with Crippen LogP contribution in [0.4, 0.5) is 10.5 Å². The van der Waals surface area contributed by atoms with Crippen molar-refractivity contribution >= 4 is 33.6 Å². The van der Waals surface area contributed by atoms with Gasteiger partial charge in [0.2, 0.25) is 10.0 Å². The maximum absolute atomic E-state index is 12.8. The number of carbonyl (C=O) groups excluding carboxylic acids is 3. The molecule has 1 spiro atoms. The number of rotatable bonds is 8. The fraction of sp³-hybridized carbons (Fsp3) is 0.550. The van der Waals surface area contributed by atoms with Crippen LogP contribution in [0.3, 0.4) is 0 Å². The number of hydrazine groups is 1. The minimum absolute atomic E-state index is 0.0408. The van der Waals surface area contributed by atoms with E-state index in [0.29, 0.717) is 24.3 Å². The number of benzene rings is 1. The minimum atomic E-state index is -3.68. The molecule has 3 fully saturated rings. The van der Waals surface area contributed by atoms with Crippen molar-refractivity contribution in [3.05, 3.63) is 18.2 Å². The van der Waals surface area contributed by atoms with Gasteiger partial charge in [-0.15, -0.1) is 0 Å². The summed E-state index contributed by atoms with van der Waals surface area (Å²) >= 11 is 0. The number of carbonyl (C=O) groups is 3. The van der Waals surface area contributed by atoms with Crippen molar-refractivity contribution in [3.8, 4) is 5.75 Å². The first-order valence-electron chi connectivity index (χ1n) is 10.6. The van der Waals surface area contributed by atoms with Gasteiger partial charge in [-0.05, 0) is 43.9 Å². The van der Waals surface area contributed by atoms with Gasteiger partial charge in [0.1, 0.15) is 11.3 Å². The number of methoxy groups -OCH3 is 1. The van der Waals surface area contributed by atoms with Crippen LogP contribution in [-0.4, -0.2) is 56.5 Å². The van der Waals surface area contributed by atoms with E-state index in [-0.39, 0.29) is 17.5 Å². The van der Waals surface area contributed by atoms with Crippen molar-refractivity contribution in [2.75, 3.05) is 19.0 Å². The summed E-state index contributed by atoms with van der Waals surface area (Å²) in [4.78, 5) is 37.5. The highest BCUT2D eigenvalue weighted by atomic mass is 32.2. The van der Waals surface area contributed by atoms with Crippen LogP contribution < -0.4 is 25.5 Å². The Balaban J connectivity index is 1.40. The van der Waals surface area contributed by atoms with Crippen LogP contribution in [0.5, 0.6) is 5.75 Å². The molecule has 1 aromatic carbocycles. The van der Waals surface area contributed by atoms with Crippen molar-refractivity contribution in [2.45, 2.75) is 61.4 Å². The van der Waals surface area contributed by atoms with Gasteiger partial charge in [0.05, 0.1) is 24.2 Å². The van der Waals surface area contributed by atoms with Crippen LogP contribution >= 0.6 is 0 Å². The smallest absolute Gasteiger partial charge is 0.344 e. The molecule has 1 saturated heterocycles. The molecule has 0 radical (unpaired) electrons. The minimum Gasteiger partial charge on any atom is -0.495 e. The molecule has 174 valence electrons. The Kier molecular flexibility index (Phi) is 5.99. The van der Waals surface area contributed by atoms with E-state index in [0.717, 1.165) is 37.1 Å². The van der Waals surface area contributed by atoms with Crippen molar-refractivity contribution in [2.24, 2.45) is 0 Å². The first kappa shape index (κ1) is 22.3. The zero-order chi connectivity index (χ0) is 22.9. The summed E-state index contributed by atoms with van der Waals surface area (Å²) in [7, 11) is -2.26. The number of urea groups is 1. The summed E-state index contributed by atoms with van der Waals surface area (Å²) in [5.41, 5.74) is 1.70. The third kappa shape index (κ3) is 4.51. The van der Waals surface area contributed by atoms with Crippen LogP contribution in [0, 0.1) is 0 Å². The average Bonchev–Trinajstić information content (AvgIpc) is 3.55. The molecule has 12 heteroatoms. The van der Waals surface area contributed by atoms with Gasteiger partial charge in [0.15, 0.2) is 0 Å². The Bertz CT molecular complexity index is 1030. The maximum atomic E-state index is 12.8. The van der Waals surface area contributed by atoms with E-state index in [2.05, 4.69) is 20.8 Å². The van der Waals surface area contributed by atoms with Gasteiger partial charge in [-0.25, -0.2) is 17.9 Å². The zero-order valence-corrected chi connectivity index (χ0v) is 18.6. The number of imide groups is 1. The second-order valence-corrected chi connectivity index (χ2v) is 10.1. The topological polar surface area (TPSA) is 146 Å². The molecule has 1 aromatic rings. The third-order valence-electron chi connectivity index (χ3n) is 5.93. The number of ether oxygens (including phenoxy) is 1. The molecule has 1 heterocycles. The number of nitrogens with zero attached hydrogens (tertiary/aromatic N) is 1. The van der Waals surface area contributed by atoms with E-state index in [4.69, 9.17) is 4.74 Å². The average molecular weight is 466 g/mol. The normalized spacial score (nSPS) is 20.2. The maximum Gasteiger partial charge on any atom is 0.344 e. The third-order valence-corrected chi connectivity index (χ3v) is 7.44. The monoisotopic (exact) mass is 465 g/mol. The van der Waals surface area contributed by atoms with E-state index in [1.165, 1.54) is 25.3 Å². The highest BCUT2D eigenvalue weighted by molar-refractivity contribution is 7.89. The molecule has 32 heavy (non-hydrogen) atoms. The van der Waals surface area contributed by atoms with Crippen molar-refractivity contribution < 1.29 is 27.5 Å². The van der Waals surface area contributed by atoms with E-state index in [1.54, 1.807) is 0 Å². The Morgan fingerprint density at radius 3 is 2.59 bits per heavy atom. The quantitative estimate of drug-likeness (QED) is 0.416. The molecule has 3 aliphatic rings. The molecule has 4 N–H and O–H groups in total. The van der Waals surface area contributed by atoms with Crippen molar-refractivity contribution in [1.82, 2.24) is 20.5 Å². The molecule has 0 aromatic heterocycles. The number of nitrogens with one attached hydrogen (secondary N) is 4. The van der Waals surface area contributed by atoms with Crippen molar-refractivity contribution in [3.63, 3.8) is 0 Å². The van der Waals surface area contributed by atoms with E-state index in [1.807, 2.05) is 0 Å². The molecular weight excluding hydrogens is 438 g/mol. The molecule has 4 amide bonds. The van der Waals surface area contributed by atoms with E-state index < -0.39 is 33.4 Å². The van der Waals surface area contributed by atoms with Gasteiger partial charge < -0.3 is 15.4 Å². The van der Waals surface area contributed by atoms with E-state index >= 15 is 0 Å². The first-order chi connectivity index (χ1) is 15.2. The number of sulfonamides is 1. The van der Waals surface area contributed by atoms with Gasteiger partial charge in [-0.3, -0.25) is 15.0 Å². The molecule has 11 nitrogen and oxygen atoms in total. The molecule has 2 saturated carbocycles. The van der Waals surface area contributed by atoms with Crippen LogP contribution in [0.2, 0.25) is 0 Å². The van der Waals surface area contributed by atoms with Crippen LogP contribution in [0.15, 0.2) is 23.1 Å². The summed E-state index contributed by atoms with van der Waals surface area (Å²) in [6, 6.07) is 3.60. The number of anilines is 1. The first-order valence-corrected chi connectivity index (χ1v) is 12.1. The van der Waals surface area contributed by atoms with Gasteiger partial charge in [-0.1, -0.05) is 19.3 Å². The van der Waals surface area contributed by atoms with Crippen molar-refractivity contribution in [1.29, 1.82) is 0 Å². The summed E-state index contributed by atoms with van der Waals surface area (Å²) < 4.78 is 32.8. The Morgan fingerprint density at radius 1 is 1.22 bits per heavy atom. The lowest BCUT2D eigenvalue weighted by Gasteiger charge is -2.30. The molecule has 0 atom stereocenters. The molecule has 4 rings (SSSR count). The second kappa shape index (κ2) is 8.58. The summed E-state index contributed by atoms with van der Waals surface area (Å²) in [6.45, 7) is -0.306. The fourth-order valence-electron chi connectivity index (χ4n) is 4.04. The van der Waals surface area contributed by atoms with Gasteiger partial charge in [0, 0.05) is 6.04 Å². The predicted octanol–water partition coefficient (Wildman–Crippen LogP) is 0.834. The number of hydrogen-bond donors (Lipinski definition) is 4. The lowest BCUT2D eigenvalue weighted by atomic mass is 9.82. The standard InChI is InChI=1S/C20H27N5O6S/c1-31-16-8-7-14(32(29,30)24-13-5-6-13)11-15(16)21-12-17(26)23-25-18(27)20(22-19(25)28)9-3-2-4-10-20/h7-8,11,13,21,24H,2-6,9-10,12H2,1H3,(H,22,28)(H,23,26). The van der Waals surface area contributed by atoms with Gasteiger partial charge in [-0.2, -0.15) is 5.01 Å². The Morgan fingerprint density at radius 2 is 1.94 bits per heavy atom. The van der Waals surface area contributed by atoms with E-state index in [9.17, 15) is 22.8 Å². The van der Waals surface area contributed by atoms with Gasteiger partial charge in [0.25, 0.3) is 11.8 Å². The predicted molar refractivity (Wildman–Crippen MR) is 114 cm³/mol. The Hall–Kier alpha value is -2.86.